The van der Waals surface area contributed by atoms with E-state index in [0.29, 0.717) is 31.4 Å². The van der Waals surface area contributed by atoms with Gasteiger partial charge in [-0.15, -0.1) is 0 Å². The number of ether oxygens (including phenoxy) is 1. The number of rotatable bonds is 4. The number of hydrogen-bond acceptors (Lipinski definition) is 5. The third-order valence-electron chi connectivity index (χ3n) is 5.76. The summed E-state index contributed by atoms with van der Waals surface area (Å²) in [6, 6.07) is 0. The lowest BCUT2D eigenvalue weighted by Gasteiger charge is -2.37. The second kappa shape index (κ2) is 8.96. The van der Waals surface area contributed by atoms with Gasteiger partial charge in [-0.05, 0) is 25.3 Å². The largest absolute Gasteiger partial charge is 0.366 e. The third-order valence-corrected chi connectivity index (χ3v) is 5.76. The molecule has 0 aromatic rings. The van der Waals surface area contributed by atoms with E-state index in [2.05, 4.69) is 17.1 Å². The molecular weight excluding hydrogens is 320 g/mol. The molecule has 7 heteroatoms. The van der Waals surface area contributed by atoms with Crippen molar-refractivity contribution < 1.29 is 14.3 Å². The van der Waals surface area contributed by atoms with E-state index in [4.69, 9.17) is 4.74 Å². The molecule has 1 atom stereocenters. The Hall–Kier alpha value is -1.18. The van der Waals surface area contributed by atoms with Crippen molar-refractivity contribution in [3.8, 4) is 0 Å². The Labute approximate surface area is 150 Å². The zero-order chi connectivity index (χ0) is 17.6. The Kier molecular flexibility index (Phi) is 6.67. The number of likely N-dealkylation sites (N-methyl/N-ethyl adjacent to an activating group) is 1. The number of amides is 2. The fraction of sp³-hybridized carbons (Fsp3) is 0.889. The zero-order valence-corrected chi connectivity index (χ0v) is 15.4. The molecule has 3 saturated heterocycles. The molecule has 0 spiro atoms. The number of carbonyl (C=O) groups excluding carboxylic acids is 2. The molecule has 1 N–H and O–H groups in total. The monoisotopic (exact) mass is 352 g/mol. The van der Waals surface area contributed by atoms with Crippen LogP contribution >= 0.6 is 0 Å². The van der Waals surface area contributed by atoms with E-state index in [-0.39, 0.29) is 12.0 Å². The van der Waals surface area contributed by atoms with Crippen LogP contribution in [0.15, 0.2) is 0 Å². The van der Waals surface area contributed by atoms with Gasteiger partial charge in [-0.2, -0.15) is 0 Å². The number of nitrogens with zero attached hydrogens (tertiary/aromatic N) is 3. The topological polar surface area (TPSA) is 65.1 Å². The van der Waals surface area contributed by atoms with Crippen LogP contribution in [-0.4, -0.2) is 98.1 Å². The van der Waals surface area contributed by atoms with Gasteiger partial charge in [-0.25, -0.2) is 0 Å². The van der Waals surface area contributed by atoms with Gasteiger partial charge in [0.25, 0.3) is 5.91 Å². The van der Waals surface area contributed by atoms with Gasteiger partial charge in [-0.3, -0.25) is 9.59 Å². The van der Waals surface area contributed by atoms with Crippen LogP contribution in [0.2, 0.25) is 0 Å². The van der Waals surface area contributed by atoms with Crippen LogP contribution in [0.25, 0.3) is 0 Å². The summed E-state index contributed by atoms with van der Waals surface area (Å²) in [4.78, 5) is 31.3. The standard InChI is InChI=1S/C18H32N4O3/c1-2-20-8-10-21(11-9-20)17(23)13-15-3-6-22(7-4-15)18(24)16-14-19-5-12-25-16/h15-16,19H,2-14H2,1H3. The predicted molar refractivity (Wildman–Crippen MR) is 95.2 cm³/mol. The van der Waals surface area contributed by atoms with Gasteiger partial charge < -0.3 is 24.8 Å². The Morgan fingerprint density at radius 1 is 1.04 bits per heavy atom. The van der Waals surface area contributed by atoms with Crippen molar-refractivity contribution in [3.63, 3.8) is 0 Å². The maximum atomic E-state index is 12.5. The first-order valence-electron chi connectivity index (χ1n) is 9.78. The third kappa shape index (κ3) is 4.92. The Morgan fingerprint density at radius 2 is 1.76 bits per heavy atom. The first-order chi connectivity index (χ1) is 12.2. The highest BCUT2D eigenvalue weighted by atomic mass is 16.5. The predicted octanol–water partition coefficient (Wildman–Crippen LogP) is -0.232. The normalized spacial score (nSPS) is 26.7. The van der Waals surface area contributed by atoms with E-state index < -0.39 is 0 Å². The molecule has 3 aliphatic heterocycles. The number of hydrogen-bond donors (Lipinski definition) is 1. The molecule has 3 heterocycles. The molecule has 142 valence electrons. The van der Waals surface area contributed by atoms with Gasteiger partial charge in [0.05, 0.1) is 6.61 Å². The Morgan fingerprint density at radius 3 is 2.36 bits per heavy atom. The maximum Gasteiger partial charge on any atom is 0.253 e. The summed E-state index contributed by atoms with van der Waals surface area (Å²) >= 11 is 0. The maximum absolute atomic E-state index is 12.5. The second-order valence-corrected chi connectivity index (χ2v) is 7.35. The van der Waals surface area contributed by atoms with Gasteiger partial charge in [0.15, 0.2) is 0 Å². The molecule has 0 bridgehead atoms. The van der Waals surface area contributed by atoms with Crippen molar-refractivity contribution in [2.24, 2.45) is 5.92 Å². The molecule has 3 aliphatic rings. The average Bonchev–Trinajstić information content (AvgIpc) is 2.68. The molecule has 1 unspecified atom stereocenters. The van der Waals surface area contributed by atoms with Crippen LogP contribution < -0.4 is 5.32 Å². The fourth-order valence-corrected chi connectivity index (χ4v) is 3.97. The van der Waals surface area contributed by atoms with Crippen molar-refractivity contribution in [2.45, 2.75) is 32.3 Å². The van der Waals surface area contributed by atoms with Gasteiger partial charge >= 0.3 is 0 Å². The van der Waals surface area contributed by atoms with E-state index in [1.165, 1.54) is 0 Å². The van der Waals surface area contributed by atoms with Gasteiger partial charge in [0, 0.05) is 58.8 Å². The van der Waals surface area contributed by atoms with Crippen LogP contribution in [0.1, 0.15) is 26.2 Å². The molecule has 3 rings (SSSR count). The summed E-state index contributed by atoms with van der Waals surface area (Å²) in [6.45, 7) is 10.5. The summed E-state index contributed by atoms with van der Waals surface area (Å²) in [7, 11) is 0. The molecule has 0 aromatic carbocycles. The van der Waals surface area contributed by atoms with Crippen molar-refractivity contribution in [1.82, 2.24) is 20.0 Å². The number of carbonyl (C=O) groups is 2. The molecule has 7 nitrogen and oxygen atoms in total. The van der Waals surface area contributed by atoms with Gasteiger partial charge in [-0.1, -0.05) is 6.92 Å². The number of piperidine rings is 1. The smallest absolute Gasteiger partial charge is 0.253 e. The molecule has 0 aliphatic carbocycles. The molecule has 25 heavy (non-hydrogen) atoms. The second-order valence-electron chi connectivity index (χ2n) is 7.35. The first kappa shape index (κ1) is 18.6. The van der Waals surface area contributed by atoms with Crippen LogP contribution in [0.4, 0.5) is 0 Å². The molecule has 0 radical (unpaired) electrons. The van der Waals surface area contributed by atoms with E-state index in [0.717, 1.165) is 65.2 Å². The van der Waals surface area contributed by atoms with Crippen molar-refractivity contribution in [1.29, 1.82) is 0 Å². The van der Waals surface area contributed by atoms with Crippen LogP contribution in [0.3, 0.4) is 0 Å². The van der Waals surface area contributed by atoms with E-state index in [1.807, 2.05) is 9.80 Å². The van der Waals surface area contributed by atoms with Gasteiger partial charge in [0.2, 0.25) is 5.91 Å². The lowest BCUT2D eigenvalue weighted by molar-refractivity contribution is -0.146. The SMILES string of the molecule is CCN1CCN(C(=O)CC2CCN(C(=O)C3CNCCO3)CC2)CC1. The van der Waals surface area contributed by atoms with Crippen LogP contribution in [0.5, 0.6) is 0 Å². The highest BCUT2D eigenvalue weighted by Crippen LogP contribution is 2.22. The molecule has 2 amide bonds. The van der Waals surface area contributed by atoms with Gasteiger partial charge in [0.1, 0.15) is 6.10 Å². The summed E-state index contributed by atoms with van der Waals surface area (Å²) in [5.41, 5.74) is 0. The summed E-state index contributed by atoms with van der Waals surface area (Å²) in [6.07, 6.45) is 2.15. The van der Waals surface area contributed by atoms with Crippen molar-refractivity contribution in [2.75, 3.05) is 65.5 Å². The zero-order valence-electron chi connectivity index (χ0n) is 15.4. The molecule has 0 aromatic heterocycles. The Bertz CT molecular complexity index is 451. The summed E-state index contributed by atoms with van der Waals surface area (Å²) in [5, 5.41) is 3.21. The molecular formula is C18H32N4O3. The fourth-order valence-electron chi connectivity index (χ4n) is 3.97. The number of piperazine rings is 1. The van der Waals surface area contributed by atoms with E-state index in [1.54, 1.807) is 0 Å². The number of morpholine rings is 1. The minimum Gasteiger partial charge on any atom is -0.366 e. The highest BCUT2D eigenvalue weighted by molar-refractivity contribution is 5.81. The minimum absolute atomic E-state index is 0.104. The molecule has 3 fully saturated rings. The van der Waals surface area contributed by atoms with Crippen molar-refractivity contribution >= 4 is 11.8 Å². The number of likely N-dealkylation sites (tertiary alicyclic amines) is 1. The van der Waals surface area contributed by atoms with Crippen LogP contribution in [0, 0.1) is 5.92 Å². The number of nitrogens with one attached hydrogen (secondary N) is 1. The van der Waals surface area contributed by atoms with E-state index in [9.17, 15) is 9.59 Å². The average molecular weight is 352 g/mol. The van der Waals surface area contributed by atoms with Crippen molar-refractivity contribution in [3.05, 3.63) is 0 Å². The highest BCUT2D eigenvalue weighted by Gasteiger charge is 2.31. The summed E-state index contributed by atoms with van der Waals surface area (Å²) < 4.78 is 5.56. The Balaban J connectivity index is 1.38. The van der Waals surface area contributed by atoms with E-state index >= 15 is 0 Å². The lowest BCUT2D eigenvalue weighted by Crippen LogP contribution is -2.51. The molecule has 0 saturated carbocycles. The first-order valence-corrected chi connectivity index (χ1v) is 9.78. The minimum atomic E-state index is -0.332. The quantitative estimate of drug-likeness (QED) is 0.757. The summed E-state index contributed by atoms with van der Waals surface area (Å²) in [5.74, 6) is 0.805. The van der Waals surface area contributed by atoms with Crippen LogP contribution in [-0.2, 0) is 14.3 Å². The lowest BCUT2D eigenvalue weighted by atomic mass is 9.92.